The Morgan fingerprint density at radius 1 is 1.12 bits per heavy atom. The van der Waals surface area contributed by atoms with Crippen molar-refractivity contribution in [2.45, 2.75) is 13.3 Å². The van der Waals surface area contributed by atoms with Crippen LogP contribution in [0.3, 0.4) is 0 Å². The average molecular weight is 332 g/mol. The molecule has 0 amide bonds. The van der Waals surface area contributed by atoms with Gasteiger partial charge in [-0.15, -0.1) is 0 Å². The first kappa shape index (κ1) is 15.1. The molecule has 0 aliphatic carbocycles. The smallest absolute Gasteiger partial charge is 0.169 e. The van der Waals surface area contributed by atoms with Gasteiger partial charge in [0.2, 0.25) is 0 Å². The summed E-state index contributed by atoms with van der Waals surface area (Å²) in [5.74, 6) is -0.265. The van der Waals surface area contributed by atoms with Crippen LogP contribution in [0, 0.1) is 6.92 Å². The summed E-state index contributed by atoms with van der Waals surface area (Å²) in [6, 6.07) is 3.13. The second kappa shape index (κ2) is 6.31. The molecule has 0 N–H and O–H groups in total. The van der Waals surface area contributed by atoms with Crippen LogP contribution in [-0.4, -0.2) is 5.78 Å². The van der Waals surface area contributed by atoms with Crippen molar-refractivity contribution >= 4 is 63.8 Å². The molecule has 0 fully saturated rings. The minimum atomic E-state index is -0.265. The second-order valence-electron chi connectivity index (χ2n) is 3.35. The number of rotatable bonds is 3. The predicted molar refractivity (Wildman–Crippen MR) is 74.7 cm³/mol. The van der Waals surface area contributed by atoms with Crippen molar-refractivity contribution in [3.63, 3.8) is 0 Å². The van der Waals surface area contributed by atoms with Gasteiger partial charge in [-0.05, 0) is 24.6 Å². The molecule has 0 radical (unpaired) electrons. The van der Waals surface area contributed by atoms with E-state index < -0.39 is 0 Å². The zero-order valence-corrected chi connectivity index (χ0v) is 12.4. The van der Waals surface area contributed by atoms with Crippen LogP contribution < -0.4 is 0 Å². The highest BCUT2D eigenvalue weighted by atomic mass is 35.5. The van der Waals surface area contributed by atoms with Crippen molar-refractivity contribution in [2.24, 2.45) is 0 Å². The summed E-state index contributed by atoms with van der Waals surface area (Å²) in [5.41, 5.74) is 1.11. The number of ketones is 1. The third kappa shape index (κ3) is 4.04. The highest BCUT2D eigenvalue weighted by Crippen LogP contribution is 2.28. The highest BCUT2D eigenvalue weighted by Gasteiger charge is 2.15. The first-order chi connectivity index (χ1) is 7.82. The molecule has 1 nitrogen and oxygen atoms in total. The van der Waals surface area contributed by atoms with Gasteiger partial charge in [-0.1, -0.05) is 58.0 Å². The summed E-state index contributed by atoms with van der Waals surface area (Å²) in [7, 11) is 0. The summed E-state index contributed by atoms with van der Waals surface area (Å²) in [6.07, 6.45) is -0.0926. The van der Waals surface area contributed by atoms with Crippen molar-refractivity contribution in [3.8, 4) is 0 Å². The van der Waals surface area contributed by atoms with Gasteiger partial charge in [0.15, 0.2) is 5.78 Å². The summed E-state index contributed by atoms with van der Waals surface area (Å²) in [4.78, 5) is 11.9. The molecule has 0 atom stereocenters. The Balaban J connectivity index is 3.06. The molecule has 0 spiro atoms. The number of carbonyl (C=O) groups is 1. The summed E-state index contributed by atoms with van der Waals surface area (Å²) in [6.45, 7) is 1.78. The topological polar surface area (TPSA) is 17.1 Å². The summed E-state index contributed by atoms with van der Waals surface area (Å²) < 4.78 is -0.123. The van der Waals surface area contributed by atoms with Crippen LogP contribution in [0.1, 0.15) is 22.3 Å². The monoisotopic (exact) mass is 330 g/mol. The lowest BCUT2D eigenvalue weighted by molar-refractivity contribution is 0.0995. The molecule has 0 heterocycles. The molecule has 1 aromatic carbocycles. The van der Waals surface area contributed by atoms with Crippen LogP contribution in [-0.2, 0) is 0 Å². The van der Waals surface area contributed by atoms with Crippen LogP contribution in [0.5, 0.6) is 0 Å². The minimum absolute atomic E-state index is 0.0852. The predicted octanol–water partition coefficient (Wildman–Crippen LogP) is 5.76. The number of Topliss-reactive ketones (excluding diaryl/α,β-unsaturated/α-hetero) is 1. The van der Waals surface area contributed by atoms with E-state index in [0.29, 0.717) is 10.6 Å². The van der Waals surface area contributed by atoms with Crippen LogP contribution >= 0.6 is 58.0 Å². The van der Waals surface area contributed by atoms with E-state index in [1.807, 2.05) is 0 Å². The van der Waals surface area contributed by atoms with Crippen LogP contribution in [0.25, 0.3) is 0 Å². The number of hydrogen-bond acceptors (Lipinski definition) is 1. The van der Waals surface area contributed by atoms with E-state index in [0.717, 1.165) is 5.56 Å². The Hall–Kier alpha value is 0.0800. The minimum Gasteiger partial charge on any atom is -0.294 e. The van der Waals surface area contributed by atoms with Crippen molar-refractivity contribution in [3.05, 3.63) is 42.8 Å². The normalized spacial score (nSPS) is 10.2. The number of benzene rings is 1. The van der Waals surface area contributed by atoms with Gasteiger partial charge in [-0.25, -0.2) is 0 Å². The molecule has 0 aliphatic heterocycles. The van der Waals surface area contributed by atoms with Crippen molar-refractivity contribution < 1.29 is 4.79 Å². The number of hydrogen-bond donors (Lipinski definition) is 0. The molecule has 1 rings (SSSR count). The van der Waals surface area contributed by atoms with E-state index in [2.05, 4.69) is 0 Å². The first-order valence-electron chi connectivity index (χ1n) is 4.51. The van der Waals surface area contributed by atoms with E-state index in [1.165, 1.54) is 6.07 Å². The Morgan fingerprint density at radius 3 is 2.24 bits per heavy atom. The Morgan fingerprint density at radius 2 is 1.71 bits per heavy atom. The molecule has 1 aromatic rings. The van der Waals surface area contributed by atoms with E-state index >= 15 is 0 Å². The number of allylic oxidation sites excluding steroid dienone is 1. The lowest BCUT2D eigenvalue weighted by Gasteiger charge is -2.06. The molecular formula is C11H7Cl5O. The number of carbonyl (C=O) groups excluding carboxylic acids is 1. The van der Waals surface area contributed by atoms with Crippen LogP contribution in [0.4, 0.5) is 0 Å². The van der Waals surface area contributed by atoms with Gasteiger partial charge >= 0.3 is 0 Å². The van der Waals surface area contributed by atoms with Crippen LogP contribution in [0.15, 0.2) is 21.7 Å². The molecular weight excluding hydrogens is 325 g/mol. The number of aryl methyl sites for hydroxylation is 1. The largest absolute Gasteiger partial charge is 0.294 e. The molecule has 0 bridgehead atoms. The van der Waals surface area contributed by atoms with Gasteiger partial charge in [-0.2, -0.15) is 0 Å². The van der Waals surface area contributed by atoms with Crippen molar-refractivity contribution in [1.29, 1.82) is 0 Å². The lowest BCUT2D eigenvalue weighted by Crippen LogP contribution is -2.01. The first-order valence-corrected chi connectivity index (χ1v) is 6.40. The van der Waals surface area contributed by atoms with Crippen LogP contribution in [0.2, 0.25) is 10.0 Å². The fourth-order valence-electron chi connectivity index (χ4n) is 1.17. The fraction of sp³-hybridized carbons (Fsp3) is 0.182. The maximum atomic E-state index is 11.9. The highest BCUT2D eigenvalue weighted by molar-refractivity contribution is 6.59. The van der Waals surface area contributed by atoms with Gasteiger partial charge in [0.1, 0.15) is 4.49 Å². The molecule has 0 aromatic heterocycles. The average Bonchev–Trinajstić information content (AvgIpc) is 2.22. The van der Waals surface area contributed by atoms with Gasteiger partial charge in [0.25, 0.3) is 0 Å². The summed E-state index contributed by atoms with van der Waals surface area (Å²) in [5, 5.41) is 0.867. The van der Waals surface area contributed by atoms with E-state index in [4.69, 9.17) is 58.0 Å². The van der Waals surface area contributed by atoms with Crippen molar-refractivity contribution in [1.82, 2.24) is 0 Å². The quantitative estimate of drug-likeness (QED) is 0.643. The van der Waals surface area contributed by atoms with Gasteiger partial charge in [0, 0.05) is 17.0 Å². The summed E-state index contributed by atoms with van der Waals surface area (Å²) >= 11 is 28.4. The van der Waals surface area contributed by atoms with Crippen molar-refractivity contribution in [2.75, 3.05) is 0 Å². The second-order valence-corrected chi connectivity index (χ2v) is 5.57. The van der Waals surface area contributed by atoms with E-state index in [1.54, 1.807) is 13.0 Å². The third-order valence-corrected chi connectivity index (χ3v) is 3.76. The zero-order valence-electron chi connectivity index (χ0n) is 8.66. The molecule has 0 saturated heterocycles. The fourth-order valence-corrected chi connectivity index (χ4v) is 1.92. The molecule has 0 unspecified atom stereocenters. The third-order valence-electron chi connectivity index (χ3n) is 2.07. The van der Waals surface area contributed by atoms with E-state index in [-0.39, 0.29) is 26.8 Å². The lowest BCUT2D eigenvalue weighted by atomic mass is 10.1. The maximum absolute atomic E-state index is 11.9. The SMILES string of the molecule is Cc1cc(C(=O)CC(Cl)=C(Cl)Cl)c(Cl)cc1Cl. The Kier molecular flexibility index (Phi) is 5.62. The zero-order chi connectivity index (χ0) is 13.2. The Labute approximate surface area is 124 Å². The molecule has 0 aliphatic rings. The molecule has 17 heavy (non-hydrogen) atoms. The van der Waals surface area contributed by atoms with Gasteiger partial charge in [0.05, 0.1) is 10.1 Å². The van der Waals surface area contributed by atoms with E-state index in [9.17, 15) is 4.79 Å². The maximum Gasteiger partial charge on any atom is 0.169 e. The number of halogens is 5. The standard InChI is InChI=1S/C11H7Cl5O/c1-5-2-6(8(13)3-7(5)12)10(17)4-9(14)11(15)16/h2-3H,4H2,1H3. The van der Waals surface area contributed by atoms with Gasteiger partial charge < -0.3 is 0 Å². The molecule has 0 saturated carbocycles. The Bertz CT molecular complexity index is 489. The molecule has 92 valence electrons. The van der Waals surface area contributed by atoms with Gasteiger partial charge in [-0.3, -0.25) is 4.79 Å². The molecule has 6 heteroatoms.